The van der Waals surface area contributed by atoms with Crippen molar-refractivity contribution in [1.82, 2.24) is 0 Å². The molecule has 0 amide bonds. The molecule has 19 heavy (non-hydrogen) atoms. The normalized spacial score (nSPS) is 20.1. The van der Waals surface area contributed by atoms with Gasteiger partial charge in [-0.05, 0) is 44.4 Å². The van der Waals surface area contributed by atoms with Crippen LogP contribution >= 0.6 is 0 Å². The van der Waals surface area contributed by atoms with Crippen LogP contribution in [-0.4, -0.2) is 26.4 Å². The van der Waals surface area contributed by atoms with Gasteiger partial charge < -0.3 is 19.9 Å². The lowest BCUT2D eigenvalue weighted by Crippen LogP contribution is -2.30. The van der Waals surface area contributed by atoms with Crippen LogP contribution < -0.4 is 15.2 Å². The molecule has 106 valence electrons. The van der Waals surface area contributed by atoms with E-state index in [2.05, 4.69) is 0 Å². The van der Waals surface area contributed by atoms with Gasteiger partial charge >= 0.3 is 0 Å². The van der Waals surface area contributed by atoms with Crippen molar-refractivity contribution >= 4 is 0 Å². The average molecular weight is 265 g/mol. The molecule has 1 saturated heterocycles. The van der Waals surface area contributed by atoms with E-state index in [1.54, 1.807) is 7.11 Å². The van der Waals surface area contributed by atoms with Crippen molar-refractivity contribution in [3.63, 3.8) is 0 Å². The summed E-state index contributed by atoms with van der Waals surface area (Å²) in [4.78, 5) is 0. The van der Waals surface area contributed by atoms with Gasteiger partial charge in [0.1, 0.15) is 6.10 Å². The molecule has 1 unspecified atom stereocenters. The molecule has 0 spiro atoms. The second-order valence-electron chi connectivity index (χ2n) is 5.54. The zero-order valence-corrected chi connectivity index (χ0v) is 11.9. The summed E-state index contributed by atoms with van der Waals surface area (Å²) >= 11 is 0. The van der Waals surface area contributed by atoms with Gasteiger partial charge in [0.25, 0.3) is 0 Å². The van der Waals surface area contributed by atoms with Crippen LogP contribution in [0.1, 0.15) is 32.3 Å². The zero-order chi connectivity index (χ0) is 13.9. The smallest absolute Gasteiger partial charge is 0.162 e. The van der Waals surface area contributed by atoms with Crippen molar-refractivity contribution in [2.24, 2.45) is 5.73 Å². The van der Waals surface area contributed by atoms with Crippen molar-refractivity contribution in [3.05, 3.63) is 23.8 Å². The number of benzene rings is 1. The van der Waals surface area contributed by atoms with Gasteiger partial charge in [-0.25, -0.2) is 0 Å². The fourth-order valence-electron chi connectivity index (χ4n) is 2.15. The molecule has 1 aliphatic rings. The van der Waals surface area contributed by atoms with E-state index in [9.17, 15) is 0 Å². The topological polar surface area (TPSA) is 53.7 Å². The monoisotopic (exact) mass is 265 g/mol. The van der Waals surface area contributed by atoms with Crippen molar-refractivity contribution in [1.29, 1.82) is 0 Å². The van der Waals surface area contributed by atoms with E-state index in [1.165, 1.54) is 0 Å². The Labute approximate surface area is 114 Å². The van der Waals surface area contributed by atoms with Crippen molar-refractivity contribution in [3.8, 4) is 11.5 Å². The highest BCUT2D eigenvalue weighted by molar-refractivity contribution is 5.44. The quantitative estimate of drug-likeness (QED) is 0.908. The van der Waals surface area contributed by atoms with Crippen LogP contribution in [0.15, 0.2) is 18.2 Å². The van der Waals surface area contributed by atoms with E-state index in [1.807, 2.05) is 32.0 Å². The Bertz CT molecular complexity index is 420. The van der Waals surface area contributed by atoms with E-state index in [4.69, 9.17) is 19.9 Å². The Morgan fingerprint density at radius 1 is 1.32 bits per heavy atom. The molecule has 1 aliphatic heterocycles. The van der Waals surface area contributed by atoms with Crippen molar-refractivity contribution < 1.29 is 14.2 Å². The fourth-order valence-corrected chi connectivity index (χ4v) is 2.15. The SMILES string of the molecule is COc1ccc(C(C)(C)N)cc1OC1CCCOC1. The highest BCUT2D eigenvalue weighted by Crippen LogP contribution is 2.33. The summed E-state index contributed by atoms with van der Waals surface area (Å²) in [6.45, 7) is 5.41. The molecule has 1 heterocycles. The number of rotatable bonds is 4. The minimum absolute atomic E-state index is 0.0961. The molecule has 1 aromatic rings. The van der Waals surface area contributed by atoms with Crippen LogP contribution in [0.25, 0.3) is 0 Å². The van der Waals surface area contributed by atoms with Crippen LogP contribution in [0.5, 0.6) is 11.5 Å². The van der Waals surface area contributed by atoms with E-state index in [0.29, 0.717) is 6.61 Å². The average Bonchev–Trinajstić information content (AvgIpc) is 2.39. The molecule has 1 aromatic carbocycles. The Morgan fingerprint density at radius 3 is 2.68 bits per heavy atom. The molecule has 0 saturated carbocycles. The second kappa shape index (κ2) is 5.80. The molecule has 1 fully saturated rings. The molecular formula is C15H23NO3. The summed E-state index contributed by atoms with van der Waals surface area (Å²) in [5, 5.41) is 0. The lowest BCUT2D eigenvalue weighted by Gasteiger charge is -2.26. The van der Waals surface area contributed by atoms with E-state index in [0.717, 1.165) is 36.5 Å². The lowest BCUT2D eigenvalue weighted by atomic mass is 9.95. The maximum absolute atomic E-state index is 6.13. The van der Waals surface area contributed by atoms with Crippen LogP contribution in [0.3, 0.4) is 0 Å². The first-order valence-electron chi connectivity index (χ1n) is 6.72. The minimum Gasteiger partial charge on any atom is -0.493 e. The predicted octanol–water partition coefficient (Wildman–Crippen LogP) is 2.45. The summed E-state index contributed by atoms with van der Waals surface area (Å²) in [6, 6.07) is 5.85. The first kappa shape index (κ1) is 14.2. The maximum atomic E-state index is 6.13. The second-order valence-corrected chi connectivity index (χ2v) is 5.54. The number of nitrogens with two attached hydrogens (primary N) is 1. The first-order chi connectivity index (χ1) is 9.00. The Hall–Kier alpha value is -1.26. The molecular weight excluding hydrogens is 242 g/mol. The third kappa shape index (κ3) is 3.61. The fraction of sp³-hybridized carbons (Fsp3) is 0.600. The third-order valence-corrected chi connectivity index (χ3v) is 3.32. The van der Waals surface area contributed by atoms with E-state index < -0.39 is 5.54 Å². The summed E-state index contributed by atoms with van der Waals surface area (Å²) in [5.74, 6) is 1.48. The van der Waals surface area contributed by atoms with E-state index in [-0.39, 0.29) is 6.10 Å². The van der Waals surface area contributed by atoms with Gasteiger partial charge in [0.15, 0.2) is 11.5 Å². The summed E-state index contributed by atoms with van der Waals surface area (Å²) in [6.07, 6.45) is 2.15. The predicted molar refractivity (Wildman–Crippen MR) is 74.7 cm³/mol. The number of hydrogen-bond donors (Lipinski definition) is 1. The minimum atomic E-state index is -0.395. The molecule has 0 radical (unpaired) electrons. The third-order valence-electron chi connectivity index (χ3n) is 3.32. The van der Waals surface area contributed by atoms with Gasteiger partial charge in [-0.2, -0.15) is 0 Å². The maximum Gasteiger partial charge on any atom is 0.162 e. The van der Waals surface area contributed by atoms with Gasteiger partial charge in [0.2, 0.25) is 0 Å². The van der Waals surface area contributed by atoms with Crippen LogP contribution in [0.4, 0.5) is 0 Å². The van der Waals surface area contributed by atoms with Crippen LogP contribution in [0.2, 0.25) is 0 Å². The van der Waals surface area contributed by atoms with Gasteiger partial charge in [-0.1, -0.05) is 6.07 Å². The first-order valence-corrected chi connectivity index (χ1v) is 6.72. The standard InChI is InChI=1S/C15H23NO3/c1-15(2,16)11-6-7-13(17-3)14(9-11)19-12-5-4-8-18-10-12/h6-7,9,12H,4-5,8,10,16H2,1-3H3. The largest absolute Gasteiger partial charge is 0.493 e. The van der Waals surface area contributed by atoms with Crippen molar-refractivity contribution in [2.75, 3.05) is 20.3 Å². The Morgan fingerprint density at radius 2 is 2.11 bits per heavy atom. The molecule has 4 heteroatoms. The summed E-state index contributed by atoms with van der Waals surface area (Å²) in [5.41, 5.74) is 6.76. The van der Waals surface area contributed by atoms with Crippen molar-refractivity contribution in [2.45, 2.75) is 38.3 Å². The van der Waals surface area contributed by atoms with Gasteiger partial charge in [-0.3, -0.25) is 0 Å². The molecule has 0 bridgehead atoms. The number of ether oxygens (including phenoxy) is 3. The van der Waals surface area contributed by atoms with Gasteiger partial charge in [0, 0.05) is 12.1 Å². The number of hydrogen-bond acceptors (Lipinski definition) is 4. The lowest BCUT2D eigenvalue weighted by molar-refractivity contribution is 0.00638. The molecule has 1 atom stereocenters. The van der Waals surface area contributed by atoms with Crippen LogP contribution in [-0.2, 0) is 10.3 Å². The van der Waals surface area contributed by atoms with Gasteiger partial charge in [-0.15, -0.1) is 0 Å². The molecule has 0 aromatic heterocycles. The Kier molecular flexibility index (Phi) is 4.32. The Balaban J connectivity index is 2.20. The molecule has 2 N–H and O–H groups in total. The highest BCUT2D eigenvalue weighted by Gasteiger charge is 2.20. The van der Waals surface area contributed by atoms with Crippen LogP contribution in [0, 0.1) is 0 Å². The number of methoxy groups -OCH3 is 1. The summed E-state index contributed by atoms with van der Waals surface area (Å²) in [7, 11) is 1.65. The highest BCUT2D eigenvalue weighted by atomic mass is 16.5. The van der Waals surface area contributed by atoms with E-state index >= 15 is 0 Å². The van der Waals surface area contributed by atoms with Gasteiger partial charge in [0.05, 0.1) is 13.7 Å². The molecule has 0 aliphatic carbocycles. The molecule has 2 rings (SSSR count). The summed E-state index contributed by atoms with van der Waals surface area (Å²) < 4.78 is 16.8. The molecule has 4 nitrogen and oxygen atoms in total. The zero-order valence-electron chi connectivity index (χ0n) is 11.9.